The lowest BCUT2D eigenvalue weighted by molar-refractivity contribution is 0.340. The highest BCUT2D eigenvalue weighted by molar-refractivity contribution is 7.97. The first-order valence-corrected chi connectivity index (χ1v) is 11.7. The molecule has 1 aromatic heterocycles. The SMILES string of the molecule is CCOc1cccc(N2CCCC2)c1.CNSc1ccccc1Nc1nc(N)ncc1C. The van der Waals surface area contributed by atoms with Crippen LogP contribution in [0.25, 0.3) is 0 Å². The standard InChI is InChI=1S/C12H15N5S.C12H17NO/c1-8-7-15-12(13)17-11(8)16-9-5-3-4-6-10(9)18-14-2;1-2-14-12-7-5-6-11(10-12)13-8-3-4-9-13/h3-7,14H,1-2H3,(H3,13,15,16,17);5-7,10H,2-4,8-9H2,1H3. The van der Waals surface area contributed by atoms with Gasteiger partial charge in [0.2, 0.25) is 5.95 Å². The average molecular weight is 453 g/mol. The Hall–Kier alpha value is -2.97. The molecule has 0 aliphatic carbocycles. The summed E-state index contributed by atoms with van der Waals surface area (Å²) in [7, 11) is 1.88. The van der Waals surface area contributed by atoms with Crippen LogP contribution in [-0.2, 0) is 0 Å². The van der Waals surface area contributed by atoms with Gasteiger partial charge in [-0.05, 0) is 70.0 Å². The molecule has 4 rings (SSSR count). The Morgan fingerprint density at radius 2 is 1.91 bits per heavy atom. The summed E-state index contributed by atoms with van der Waals surface area (Å²) in [5, 5.41) is 3.27. The van der Waals surface area contributed by atoms with Crippen molar-refractivity contribution >= 4 is 35.1 Å². The van der Waals surface area contributed by atoms with Crippen LogP contribution in [0.1, 0.15) is 25.3 Å². The van der Waals surface area contributed by atoms with Crippen molar-refractivity contribution in [2.24, 2.45) is 0 Å². The largest absolute Gasteiger partial charge is 0.494 e. The number of anilines is 4. The van der Waals surface area contributed by atoms with Crippen LogP contribution in [0.15, 0.2) is 59.6 Å². The van der Waals surface area contributed by atoms with E-state index in [-0.39, 0.29) is 5.95 Å². The van der Waals surface area contributed by atoms with Crippen molar-refractivity contribution in [3.05, 3.63) is 60.3 Å². The molecular formula is C24H32N6OS. The molecule has 1 aliphatic heterocycles. The molecule has 2 heterocycles. The first kappa shape index (κ1) is 23.7. The zero-order valence-corrected chi connectivity index (χ0v) is 19.8. The fourth-order valence-corrected chi connectivity index (χ4v) is 3.99. The van der Waals surface area contributed by atoms with E-state index in [1.807, 2.05) is 51.2 Å². The minimum atomic E-state index is 0.266. The summed E-state index contributed by atoms with van der Waals surface area (Å²) in [5.41, 5.74) is 8.83. The molecule has 3 aromatic rings. The number of hydrogen-bond acceptors (Lipinski definition) is 8. The minimum Gasteiger partial charge on any atom is -0.494 e. The Morgan fingerprint density at radius 1 is 1.12 bits per heavy atom. The molecule has 0 bridgehead atoms. The number of nitrogens with zero attached hydrogens (tertiary/aromatic N) is 3. The summed E-state index contributed by atoms with van der Waals surface area (Å²) in [5.74, 6) is 1.98. The van der Waals surface area contributed by atoms with E-state index in [4.69, 9.17) is 10.5 Å². The number of para-hydroxylation sites is 1. The van der Waals surface area contributed by atoms with Crippen molar-refractivity contribution in [2.75, 3.05) is 42.7 Å². The smallest absolute Gasteiger partial charge is 0.221 e. The zero-order valence-electron chi connectivity index (χ0n) is 19.0. The highest BCUT2D eigenvalue weighted by Crippen LogP contribution is 2.28. The topological polar surface area (TPSA) is 88.3 Å². The van der Waals surface area contributed by atoms with Crippen molar-refractivity contribution in [3.63, 3.8) is 0 Å². The quantitative estimate of drug-likeness (QED) is 0.431. The Labute approximate surface area is 194 Å². The van der Waals surface area contributed by atoms with Crippen molar-refractivity contribution in [3.8, 4) is 5.75 Å². The minimum absolute atomic E-state index is 0.266. The number of aromatic nitrogens is 2. The summed E-state index contributed by atoms with van der Waals surface area (Å²) in [6, 6.07) is 16.4. The molecule has 0 spiro atoms. The van der Waals surface area contributed by atoms with Gasteiger partial charge in [0, 0.05) is 41.5 Å². The average Bonchev–Trinajstić information content (AvgIpc) is 3.34. The number of ether oxygens (including phenoxy) is 1. The second-order valence-corrected chi connectivity index (χ2v) is 8.36. The highest BCUT2D eigenvalue weighted by atomic mass is 32.2. The van der Waals surface area contributed by atoms with Crippen LogP contribution in [0.5, 0.6) is 5.75 Å². The Bertz CT molecular complexity index is 994. The maximum atomic E-state index is 5.60. The van der Waals surface area contributed by atoms with Gasteiger partial charge >= 0.3 is 0 Å². The first-order chi connectivity index (χ1) is 15.6. The molecular weight excluding hydrogens is 420 g/mol. The van der Waals surface area contributed by atoms with Gasteiger partial charge in [0.15, 0.2) is 0 Å². The number of hydrogen-bond donors (Lipinski definition) is 3. The Kier molecular flexibility index (Phi) is 9.01. The molecule has 0 saturated carbocycles. The molecule has 0 amide bonds. The number of rotatable bonds is 7. The van der Waals surface area contributed by atoms with Gasteiger partial charge < -0.3 is 20.7 Å². The number of nitrogens with two attached hydrogens (primary N) is 1. The molecule has 170 valence electrons. The lowest BCUT2D eigenvalue weighted by Gasteiger charge is -2.18. The summed E-state index contributed by atoms with van der Waals surface area (Å²) in [6.07, 6.45) is 4.34. The summed E-state index contributed by atoms with van der Waals surface area (Å²) in [4.78, 5) is 11.7. The van der Waals surface area contributed by atoms with Crippen LogP contribution in [-0.4, -0.2) is 36.7 Å². The summed E-state index contributed by atoms with van der Waals surface area (Å²) in [6.45, 7) is 7.08. The predicted octanol–water partition coefficient (Wildman–Crippen LogP) is 5.02. The van der Waals surface area contributed by atoms with Gasteiger partial charge in [-0.3, -0.25) is 4.72 Å². The molecule has 0 unspecified atom stereocenters. The molecule has 1 fully saturated rings. The number of aryl methyl sites for hydroxylation is 1. The molecule has 2 aromatic carbocycles. The van der Waals surface area contributed by atoms with E-state index in [1.165, 1.54) is 31.6 Å². The number of benzene rings is 2. The molecule has 32 heavy (non-hydrogen) atoms. The first-order valence-electron chi connectivity index (χ1n) is 10.9. The normalized spacial score (nSPS) is 12.8. The van der Waals surface area contributed by atoms with Crippen molar-refractivity contribution in [1.82, 2.24) is 14.7 Å². The van der Waals surface area contributed by atoms with Crippen LogP contribution < -0.4 is 25.4 Å². The van der Waals surface area contributed by atoms with Gasteiger partial charge in [-0.15, -0.1) is 0 Å². The lowest BCUT2D eigenvalue weighted by Crippen LogP contribution is -2.17. The Balaban J connectivity index is 0.000000186. The molecule has 4 N–H and O–H groups in total. The van der Waals surface area contributed by atoms with Crippen LogP contribution >= 0.6 is 11.9 Å². The zero-order chi connectivity index (χ0) is 22.8. The third-order valence-electron chi connectivity index (χ3n) is 4.94. The van der Waals surface area contributed by atoms with E-state index >= 15 is 0 Å². The van der Waals surface area contributed by atoms with E-state index in [2.05, 4.69) is 43.1 Å². The summed E-state index contributed by atoms with van der Waals surface area (Å²) >= 11 is 1.54. The predicted molar refractivity (Wildman–Crippen MR) is 135 cm³/mol. The van der Waals surface area contributed by atoms with Gasteiger partial charge in [0.1, 0.15) is 11.6 Å². The highest BCUT2D eigenvalue weighted by Gasteiger charge is 2.12. The van der Waals surface area contributed by atoms with E-state index in [0.717, 1.165) is 34.3 Å². The second kappa shape index (κ2) is 12.2. The van der Waals surface area contributed by atoms with Gasteiger partial charge in [0.25, 0.3) is 0 Å². The van der Waals surface area contributed by atoms with Gasteiger partial charge in [-0.25, -0.2) is 4.98 Å². The fourth-order valence-electron chi connectivity index (χ4n) is 3.39. The molecule has 0 radical (unpaired) electrons. The van der Waals surface area contributed by atoms with Gasteiger partial charge in [-0.1, -0.05) is 18.2 Å². The maximum Gasteiger partial charge on any atom is 0.221 e. The van der Waals surface area contributed by atoms with Crippen molar-refractivity contribution < 1.29 is 4.74 Å². The molecule has 8 heteroatoms. The number of nitrogen functional groups attached to an aromatic ring is 1. The van der Waals surface area contributed by atoms with Crippen LogP contribution in [0, 0.1) is 6.92 Å². The molecule has 0 atom stereocenters. The van der Waals surface area contributed by atoms with E-state index in [9.17, 15) is 0 Å². The van der Waals surface area contributed by atoms with Crippen molar-refractivity contribution in [2.45, 2.75) is 31.6 Å². The molecule has 7 nitrogen and oxygen atoms in total. The van der Waals surface area contributed by atoms with Gasteiger partial charge in [-0.2, -0.15) is 4.98 Å². The maximum absolute atomic E-state index is 5.60. The van der Waals surface area contributed by atoms with E-state index in [1.54, 1.807) is 18.1 Å². The molecule has 1 saturated heterocycles. The third kappa shape index (κ3) is 6.77. The van der Waals surface area contributed by atoms with Crippen molar-refractivity contribution in [1.29, 1.82) is 0 Å². The lowest BCUT2D eigenvalue weighted by atomic mass is 10.3. The van der Waals surface area contributed by atoms with Crippen LogP contribution in [0.2, 0.25) is 0 Å². The van der Waals surface area contributed by atoms with Gasteiger partial charge in [0.05, 0.1) is 12.3 Å². The van der Waals surface area contributed by atoms with E-state index in [0.29, 0.717) is 0 Å². The fraction of sp³-hybridized carbons (Fsp3) is 0.333. The van der Waals surface area contributed by atoms with E-state index < -0.39 is 0 Å². The molecule has 1 aliphatic rings. The monoisotopic (exact) mass is 452 g/mol. The summed E-state index contributed by atoms with van der Waals surface area (Å²) < 4.78 is 8.53. The van der Waals surface area contributed by atoms with Crippen LogP contribution in [0.3, 0.4) is 0 Å². The number of nitrogens with one attached hydrogen (secondary N) is 2. The Morgan fingerprint density at radius 3 is 2.66 bits per heavy atom. The van der Waals surface area contributed by atoms with Crippen LogP contribution in [0.4, 0.5) is 23.1 Å². The second-order valence-electron chi connectivity index (χ2n) is 7.31. The third-order valence-corrected chi connectivity index (χ3v) is 5.72.